The lowest BCUT2D eigenvalue weighted by Gasteiger charge is -2.08. The number of rotatable bonds is 2. The number of nitrogens with zero attached hydrogens (tertiary/aromatic N) is 4. The van der Waals surface area contributed by atoms with Crippen LogP contribution >= 0.6 is 0 Å². The van der Waals surface area contributed by atoms with Gasteiger partial charge in [-0.05, 0) is 0 Å². The number of hydrogen-bond acceptors (Lipinski definition) is 4. The van der Waals surface area contributed by atoms with Crippen molar-refractivity contribution in [2.24, 2.45) is 0 Å². The smallest absolute Gasteiger partial charge is 0.189 e. The highest BCUT2D eigenvalue weighted by Gasteiger charge is 2.15. The zero-order valence-corrected chi connectivity index (χ0v) is 6.98. The minimum absolute atomic E-state index is 0.799. The molecule has 0 N–H and O–H groups in total. The van der Waals surface area contributed by atoms with Gasteiger partial charge in [0.2, 0.25) is 0 Å². The third-order valence-corrected chi connectivity index (χ3v) is 2.69. The molecule has 6 nitrogen and oxygen atoms in total. The molecule has 0 fully saturated rings. The summed E-state index contributed by atoms with van der Waals surface area (Å²) in [5, 5.41) is 6.72. The molecule has 0 unspecified atom stereocenters. The molecule has 1 heterocycles. The van der Waals surface area contributed by atoms with Crippen LogP contribution in [0.5, 0.6) is 0 Å². The molecule has 0 aliphatic heterocycles. The van der Waals surface area contributed by atoms with Gasteiger partial charge in [0.25, 0.3) is 0 Å². The van der Waals surface area contributed by atoms with Crippen molar-refractivity contribution in [2.75, 3.05) is 14.1 Å². The maximum absolute atomic E-state index is 11.2. The highest BCUT2D eigenvalue weighted by atomic mass is 32.2. The molecule has 0 aliphatic rings. The Morgan fingerprint density at radius 1 is 1.45 bits per heavy atom. The molecule has 0 saturated heterocycles. The van der Waals surface area contributed by atoms with E-state index < -0.39 is 10.2 Å². The first-order valence-electron chi connectivity index (χ1n) is 2.84. The molecule has 0 bridgehead atoms. The summed E-state index contributed by atoms with van der Waals surface area (Å²) < 4.78 is 24.2. The van der Waals surface area contributed by atoms with E-state index in [1.165, 1.54) is 26.5 Å². The first kappa shape index (κ1) is 8.15. The Bertz CT molecular complexity index is 314. The standard InChI is InChI=1S/C4H8N4O2S/c1-7(2)11(9,10)8-4-3-5-6-8/h3-4H,1-2H3. The fourth-order valence-electron chi connectivity index (χ4n) is 0.488. The average Bonchev–Trinajstić information content (AvgIpc) is 2.37. The van der Waals surface area contributed by atoms with Crippen molar-refractivity contribution in [3.63, 3.8) is 0 Å². The molecular formula is C4H8N4O2S. The Labute approximate surface area is 64.6 Å². The van der Waals surface area contributed by atoms with Crippen molar-refractivity contribution >= 4 is 10.2 Å². The molecule has 0 amide bonds. The monoisotopic (exact) mass is 176 g/mol. The van der Waals surface area contributed by atoms with Gasteiger partial charge < -0.3 is 0 Å². The van der Waals surface area contributed by atoms with Crippen LogP contribution in [0.2, 0.25) is 0 Å². The first-order chi connectivity index (χ1) is 5.05. The molecule has 62 valence electrons. The molecular weight excluding hydrogens is 168 g/mol. The van der Waals surface area contributed by atoms with E-state index in [0.29, 0.717) is 0 Å². The van der Waals surface area contributed by atoms with Crippen LogP contribution in [0, 0.1) is 0 Å². The van der Waals surface area contributed by atoms with Crippen molar-refractivity contribution in [2.45, 2.75) is 0 Å². The van der Waals surface area contributed by atoms with Gasteiger partial charge in [-0.25, -0.2) is 0 Å². The Hall–Kier alpha value is -0.950. The highest BCUT2D eigenvalue weighted by Crippen LogP contribution is 1.95. The van der Waals surface area contributed by atoms with E-state index in [1.807, 2.05) is 0 Å². The second kappa shape index (κ2) is 2.59. The van der Waals surface area contributed by atoms with E-state index in [1.54, 1.807) is 0 Å². The Kier molecular flexibility index (Phi) is 1.92. The van der Waals surface area contributed by atoms with Gasteiger partial charge in [-0.15, -0.1) is 9.19 Å². The quantitative estimate of drug-likeness (QED) is 0.575. The van der Waals surface area contributed by atoms with E-state index in [9.17, 15) is 8.42 Å². The van der Waals surface area contributed by atoms with E-state index >= 15 is 0 Å². The molecule has 0 aliphatic carbocycles. The average molecular weight is 176 g/mol. The van der Waals surface area contributed by atoms with Gasteiger partial charge in [0.15, 0.2) is 0 Å². The fraction of sp³-hybridized carbons (Fsp3) is 0.500. The van der Waals surface area contributed by atoms with Gasteiger partial charge in [-0.1, -0.05) is 5.21 Å². The van der Waals surface area contributed by atoms with Crippen LogP contribution in [-0.4, -0.2) is 41.2 Å². The second-order valence-electron chi connectivity index (χ2n) is 2.07. The Balaban J connectivity index is 3.12. The summed E-state index contributed by atoms with van der Waals surface area (Å²) in [6, 6.07) is 0. The lowest BCUT2D eigenvalue weighted by atomic mass is 11.0. The molecule has 1 rings (SSSR count). The number of hydrogen-bond donors (Lipinski definition) is 0. The van der Waals surface area contributed by atoms with E-state index in [-0.39, 0.29) is 0 Å². The van der Waals surface area contributed by atoms with Crippen molar-refractivity contribution < 1.29 is 8.42 Å². The lowest BCUT2D eigenvalue weighted by molar-refractivity contribution is 0.501. The molecule has 11 heavy (non-hydrogen) atoms. The van der Waals surface area contributed by atoms with Crippen LogP contribution in [0.1, 0.15) is 0 Å². The summed E-state index contributed by atoms with van der Waals surface area (Å²) in [6.07, 6.45) is 2.58. The van der Waals surface area contributed by atoms with Crippen molar-refractivity contribution in [3.8, 4) is 0 Å². The predicted octanol–water partition coefficient (Wildman–Crippen LogP) is -1.07. The normalized spacial score (nSPS) is 12.3. The van der Waals surface area contributed by atoms with Crippen molar-refractivity contribution in [3.05, 3.63) is 12.4 Å². The Morgan fingerprint density at radius 3 is 2.45 bits per heavy atom. The SMILES string of the molecule is CN(C)S(=O)(=O)n1ccnn1. The van der Waals surface area contributed by atoms with E-state index in [0.717, 1.165) is 8.39 Å². The van der Waals surface area contributed by atoms with Gasteiger partial charge in [0.1, 0.15) is 0 Å². The zero-order chi connectivity index (χ0) is 8.48. The maximum atomic E-state index is 11.2. The number of aromatic nitrogens is 3. The summed E-state index contributed by atoms with van der Waals surface area (Å²) in [7, 11) is -0.602. The van der Waals surface area contributed by atoms with Gasteiger partial charge in [-0.2, -0.15) is 12.7 Å². The first-order valence-corrected chi connectivity index (χ1v) is 4.24. The third kappa shape index (κ3) is 1.38. The summed E-state index contributed by atoms with van der Waals surface area (Å²) in [6.45, 7) is 0. The summed E-state index contributed by atoms with van der Waals surface area (Å²) >= 11 is 0. The third-order valence-electron chi connectivity index (χ3n) is 1.10. The topological polar surface area (TPSA) is 68.1 Å². The van der Waals surface area contributed by atoms with Crippen LogP contribution in [0.15, 0.2) is 12.4 Å². The minimum atomic E-state index is -3.46. The molecule has 0 spiro atoms. The Morgan fingerprint density at radius 2 is 2.09 bits per heavy atom. The minimum Gasteiger partial charge on any atom is -0.189 e. The van der Waals surface area contributed by atoms with E-state index in [4.69, 9.17) is 0 Å². The van der Waals surface area contributed by atoms with Crippen LogP contribution in [0.3, 0.4) is 0 Å². The van der Waals surface area contributed by atoms with Gasteiger partial charge in [0.05, 0.1) is 12.4 Å². The molecule has 0 radical (unpaired) electrons. The highest BCUT2D eigenvalue weighted by molar-refractivity contribution is 7.87. The second-order valence-corrected chi connectivity index (χ2v) is 4.07. The van der Waals surface area contributed by atoms with Gasteiger partial charge >= 0.3 is 10.2 Å². The zero-order valence-electron chi connectivity index (χ0n) is 6.17. The molecule has 1 aromatic heterocycles. The molecule has 0 saturated carbocycles. The van der Waals surface area contributed by atoms with E-state index in [2.05, 4.69) is 10.3 Å². The van der Waals surface area contributed by atoms with Gasteiger partial charge in [0, 0.05) is 14.1 Å². The fourth-order valence-corrected chi connectivity index (χ4v) is 1.17. The molecule has 7 heteroatoms. The van der Waals surface area contributed by atoms with Gasteiger partial charge in [-0.3, -0.25) is 0 Å². The summed E-state index contributed by atoms with van der Waals surface area (Å²) in [5.74, 6) is 0. The molecule has 0 atom stereocenters. The van der Waals surface area contributed by atoms with Crippen LogP contribution < -0.4 is 0 Å². The van der Waals surface area contributed by atoms with Crippen molar-refractivity contribution in [1.29, 1.82) is 0 Å². The summed E-state index contributed by atoms with van der Waals surface area (Å²) in [5.41, 5.74) is 0. The van der Waals surface area contributed by atoms with Crippen LogP contribution in [0.25, 0.3) is 0 Å². The lowest BCUT2D eigenvalue weighted by Crippen LogP contribution is -2.29. The van der Waals surface area contributed by atoms with Crippen molar-refractivity contribution in [1.82, 2.24) is 18.7 Å². The maximum Gasteiger partial charge on any atom is 0.323 e. The summed E-state index contributed by atoms with van der Waals surface area (Å²) in [4.78, 5) is 0. The predicted molar refractivity (Wildman–Crippen MR) is 38.0 cm³/mol. The molecule has 0 aromatic carbocycles. The largest absolute Gasteiger partial charge is 0.323 e. The molecule has 1 aromatic rings. The van der Waals surface area contributed by atoms with Crippen LogP contribution in [0.4, 0.5) is 0 Å². The van der Waals surface area contributed by atoms with Crippen LogP contribution in [-0.2, 0) is 10.2 Å².